The molecule has 0 bridgehead atoms. The second-order valence-corrected chi connectivity index (χ2v) is 5.85. The van der Waals surface area contributed by atoms with Crippen molar-refractivity contribution in [2.75, 3.05) is 19.5 Å². The summed E-state index contributed by atoms with van der Waals surface area (Å²) in [6, 6.07) is 12.0. The molecule has 2 N–H and O–H groups in total. The summed E-state index contributed by atoms with van der Waals surface area (Å²) >= 11 is 0. The second kappa shape index (κ2) is 7.25. The highest BCUT2D eigenvalue weighted by Crippen LogP contribution is 2.29. The molecule has 1 saturated carbocycles. The summed E-state index contributed by atoms with van der Waals surface area (Å²) < 4.78 is 10.4. The van der Waals surface area contributed by atoms with Crippen molar-refractivity contribution in [3.05, 3.63) is 53.6 Å². The molecule has 1 aliphatic rings. The Morgan fingerprint density at radius 2 is 1.68 bits per heavy atom. The number of anilines is 1. The number of ether oxygens (including phenoxy) is 2. The van der Waals surface area contributed by atoms with Gasteiger partial charge < -0.3 is 20.1 Å². The van der Waals surface area contributed by atoms with E-state index in [1.165, 1.54) is 7.11 Å². The fourth-order valence-electron chi connectivity index (χ4n) is 2.39. The van der Waals surface area contributed by atoms with E-state index in [1.54, 1.807) is 49.6 Å². The Morgan fingerprint density at radius 1 is 0.960 bits per heavy atom. The Labute approximate surface area is 146 Å². The van der Waals surface area contributed by atoms with E-state index in [2.05, 4.69) is 10.6 Å². The molecule has 0 atom stereocenters. The van der Waals surface area contributed by atoms with Gasteiger partial charge in [-0.3, -0.25) is 9.59 Å². The first-order valence-corrected chi connectivity index (χ1v) is 8.05. The van der Waals surface area contributed by atoms with E-state index in [4.69, 9.17) is 9.47 Å². The highest BCUT2D eigenvalue weighted by atomic mass is 16.5. The number of hydrogen-bond acceptors (Lipinski definition) is 4. The minimum absolute atomic E-state index is 0.154. The van der Waals surface area contributed by atoms with Crippen LogP contribution in [0.15, 0.2) is 42.5 Å². The number of benzene rings is 2. The van der Waals surface area contributed by atoms with Crippen LogP contribution < -0.4 is 20.1 Å². The summed E-state index contributed by atoms with van der Waals surface area (Å²) in [4.78, 5) is 24.6. The molecular weight excluding hydrogens is 320 g/mol. The fraction of sp³-hybridized carbons (Fsp3) is 0.263. The van der Waals surface area contributed by atoms with Crippen LogP contribution in [-0.2, 0) is 0 Å². The lowest BCUT2D eigenvalue weighted by Gasteiger charge is -2.12. The minimum atomic E-state index is -0.315. The van der Waals surface area contributed by atoms with Crippen LogP contribution in [0.2, 0.25) is 0 Å². The lowest BCUT2D eigenvalue weighted by atomic mass is 10.1. The number of hydrogen-bond donors (Lipinski definition) is 2. The van der Waals surface area contributed by atoms with Gasteiger partial charge in [-0.05, 0) is 43.2 Å². The Morgan fingerprint density at radius 3 is 2.32 bits per heavy atom. The first-order chi connectivity index (χ1) is 12.1. The monoisotopic (exact) mass is 340 g/mol. The van der Waals surface area contributed by atoms with Gasteiger partial charge in [0, 0.05) is 23.2 Å². The number of nitrogens with one attached hydrogen (secondary N) is 2. The van der Waals surface area contributed by atoms with E-state index in [-0.39, 0.29) is 17.9 Å². The summed E-state index contributed by atoms with van der Waals surface area (Å²) in [5.74, 6) is 0.660. The molecule has 0 aromatic heterocycles. The maximum absolute atomic E-state index is 12.5. The van der Waals surface area contributed by atoms with E-state index in [1.807, 2.05) is 0 Å². The zero-order valence-corrected chi connectivity index (χ0v) is 14.2. The Hall–Kier alpha value is -3.02. The van der Waals surface area contributed by atoms with Crippen molar-refractivity contribution in [1.82, 2.24) is 5.32 Å². The van der Waals surface area contributed by atoms with E-state index in [0.29, 0.717) is 28.3 Å². The summed E-state index contributed by atoms with van der Waals surface area (Å²) in [6.45, 7) is 0. The van der Waals surface area contributed by atoms with Gasteiger partial charge in [0.1, 0.15) is 11.5 Å². The lowest BCUT2D eigenvalue weighted by molar-refractivity contribution is 0.0951. The average Bonchev–Trinajstić information content (AvgIpc) is 3.46. The van der Waals surface area contributed by atoms with Crippen LogP contribution in [0.1, 0.15) is 33.6 Å². The van der Waals surface area contributed by atoms with Crippen molar-refractivity contribution in [2.24, 2.45) is 0 Å². The van der Waals surface area contributed by atoms with Gasteiger partial charge in [0.05, 0.1) is 19.9 Å². The molecule has 25 heavy (non-hydrogen) atoms. The molecule has 1 aliphatic carbocycles. The molecule has 0 heterocycles. The van der Waals surface area contributed by atoms with E-state index in [9.17, 15) is 9.59 Å². The molecule has 3 rings (SSSR count). The molecular formula is C19H20N2O4. The van der Waals surface area contributed by atoms with E-state index >= 15 is 0 Å². The van der Waals surface area contributed by atoms with Crippen LogP contribution in [0.5, 0.6) is 11.5 Å². The van der Waals surface area contributed by atoms with Crippen LogP contribution >= 0.6 is 0 Å². The summed E-state index contributed by atoms with van der Waals surface area (Å²) in [7, 11) is 3.08. The van der Waals surface area contributed by atoms with Crippen molar-refractivity contribution in [1.29, 1.82) is 0 Å². The topological polar surface area (TPSA) is 76.7 Å². The predicted molar refractivity (Wildman–Crippen MR) is 94.4 cm³/mol. The summed E-state index contributed by atoms with van der Waals surface area (Å²) in [5.41, 5.74) is 1.41. The van der Waals surface area contributed by atoms with Gasteiger partial charge in [-0.25, -0.2) is 0 Å². The zero-order chi connectivity index (χ0) is 17.8. The molecule has 0 spiro atoms. The van der Waals surface area contributed by atoms with Gasteiger partial charge in [0.25, 0.3) is 11.8 Å². The van der Waals surface area contributed by atoms with E-state index < -0.39 is 0 Å². The Bertz CT molecular complexity index is 800. The van der Waals surface area contributed by atoms with Gasteiger partial charge >= 0.3 is 0 Å². The number of methoxy groups -OCH3 is 2. The molecule has 2 amide bonds. The second-order valence-electron chi connectivity index (χ2n) is 5.85. The zero-order valence-electron chi connectivity index (χ0n) is 14.2. The molecule has 6 nitrogen and oxygen atoms in total. The SMILES string of the molecule is COc1ccc(NC(=O)c2cccc(C(=O)NC3CC3)c2)c(OC)c1. The third-order valence-corrected chi connectivity index (χ3v) is 3.96. The van der Waals surface area contributed by atoms with Crippen LogP contribution in [0.25, 0.3) is 0 Å². The van der Waals surface area contributed by atoms with Crippen molar-refractivity contribution in [3.8, 4) is 11.5 Å². The van der Waals surface area contributed by atoms with Crippen molar-refractivity contribution in [3.63, 3.8) is 0 Å². The van der Waals surface area contributed by atoms with E-state index in [0.717, 1.165) is 12.8 Å². The largest absolute Gasteiger partial charge is 0.497 e. The molecule has 0 aliphatic heterocycles. The fourth-order valence-corrected chi connectivity index (χ4v) is 2.39. The van der Waals surface area contributed by atoms with Gasteiger partial charge in [-0.2, -0.15) is 0 Å². The van der Waals surface area contributed by atoms with Crippen LogP contribution in [0.3, 0.4) is 0 Å². The average molecular weight is 340 g/mol. The smallest absolute Gasteiger partial charge is 0.255 e. The summed E-state index contributed by atoms with van der Waals surface area (Å²) in [6.07, 6.45) is 2.03. The highest BCUT2D eigenvalue weighted by Gasteiger charge is 2.24. The maximum Gasteiger partial charge on any atom is 0.255 e. The molecule has 1 fully saturated rings. The van der Waals surface area contributed by atoms with Gasteiger partial charge in [0.15, 0.2) is 0 Å². The van der Waals surface area contributed by atoms with Crippen molar-refractivity contribution < 1.29 is 19.1 Å². The molecule has 0 unspecified atom stereocenters. The first kappa shape index (κ1) is 16.8. The third-order valence-electron chi connectivity index (χ3n) is 3.96. The minimum Gasteiger partial charge on any atom is -0.497 e. The molecule has 130 valence electrons. The maximum atomic E-state index is 12.5. The van der Waals surface area contributed by atoms with Crippen LogP contribution in [-0.4, -0.2) is 32.1 Å². The standard InChI is InChI=1S/C19H20N2O4/c1-24-15-8-9-16(17(11-15)25-2)21-19(23)13-5-3-4-12(10-13)18(22)20-14-6-7-14/h3-5,8-11,14H,6-7H2,1-2H3,(H,20,22)(H,21,23). The van der Waals surface area contributed by atoms with Gasteiger partial charge in [0.2, 0.25) is 0 Å². The van der Waals surface area contributed by atoms with Crippen molar-refractivity contribution >= 4 is 17.5 Å². The molecule has 6 heteroatoms. The first-order valence-electron chi connectivity index (χ1n) is 8.05. The van der Waals surface area contributed by atoms with Gasteiger partial charge in [-0.15, -0.1) is 0 Å². The molecule has 2 aromatic rings. The molecule has 0 saturated heterocycles. The highest BCUT2D eigenvalue weighted by molar-refractivity contribution is 6.06. The number of rotatable bonds is 6. The lowest BCUT2D eigenvalue weighted by Crippen LogP contribution is -2.25. The normalized spacial score (nSPS) is 13.0. The van der Waals surface area contributed by atoms with Gasteiger partial charge in [-0.1, -0.05) is 6.07 Å². The predicted octanol–water partition coefficient (Wildman–Crippen LogP) is 2.85. The number of carbonyl (C=O) groups is 2. The van der Waals surface area contributed by atoms with Crippen molar-refractivity contribution in [2.45, 2.75) is 18.9 Å². The molecule has 2 aromatic carbocycles. The Balaban J connectivity index is 1.76. The number of amides is 2. The summed E-state index contributed by atoms with van der Waals surface area (Å²) in [5, 5.41) is 5.71. The third kappa shape index (κ3) is 4.09. The van der Waals surface area contributed by atoms with Crippen LogP contribution in [0.4, 0.5) is 5.69 Å². The van der Waals surface area contributed by atoms with Crippen LogP contribution in [0, 0.1) is 0 Å². The Kier molecular flexibility index (Phi) is 4.88. The number of carbonyl (C=O) groups excluding carboxylic acids is 2. The molecule has 0 radical (unpaired) electrons. The quantitative estimate of drug-likeness (QED) is 0.848.